The SMILES string of the molecule is C/C(=C\c1cccs1)C(=O)N1CC(C)N(CCCN(C)C)C(C)C1. The Hall–Kier alpha value is -1.17. The fourth-order valence-corrected chi connectivity index (χ4v) is 4.15. The van der Waals surface area contributed by atoms with Gasteiger partial charge in [0.25, 0.3) is 0 Å². The number of piperazine rings is 1. The number of carbonyl (C=O) groups is 1. The average Bonchev–Trinajstić information content (AvgIpc) is 3.01. The summed E-state index contributed by atoms with van der Waals surface area (Å²) in [7, 11) is 4.23. The Morgan fingerprint density at radius 3 is 2.54 bits per heavy atom. The molecule has 1 aliphatic heterocycles. The lowest BCUT2D eigenvalue weighted by molar-refractivity contribution is -0.131. The number of amides is 1. The van der Waals surface area contributed by atoms with Gasteiger partial charge in [-0.25, -0.2) is 0 Å². The van der Waals surface area contributed by atoms with Crippen molar-refractivity contribution in [2.45, 2.75) is 39.3 Å². The summed E-state index contributed by atoms with van der Waals surface area (Å²) in [6.07, 6.45) is 3.18. The molecular weight excluding hydrogens is 318 g/mol. The van der Waals surface area contributed by atoms with Crippen LogP contribution in [0.15, 0.2) is 23.1 Å². The largest absolute Gasteiger partial charge is 0.336 e. The van der Waals surface area contributed by atoms with Crippen molar-refractivity contribution in [3.05, 3.63) is 28.0 Å². The Bertz CT molecular complexity index is 541. The van der Waals surface area contributed by atoms with Gasteiger partial charge in [0.15, 0.2) is 0 Å². The van der Waals surface area contributed by atoms with E-state index in [1.807, 2.05) is 29.3 Å². The van der Waals surface area contributed by atoms with Crippen LogP contribution in [0.4, 0.5) is 0 Å². The van der Waals surface area contributed by atoms with Gasteiger partial charge in [-0.15, -0.1) is 11.3 Å². The standard InChI is InChI=1S/C19H31N3OS/c1-15(12-18-8-6-11-24-18)19(23)21-13-16(2)22(17(3)14-21)10-7-9-20(4)5/h6,8,11-12,16-17H,7,9-10,13-14H2,1-5H3/b15-12+. The average molecular weight is 350 g/mol. The Morgan fingerprint density at radius 1 is 1.33 bits per heavy atom. The second-order valence-electron chi connectivity index (χ2n) is 7.15. The summed E-state index contributed by atoms with van der Waals surface area (Å²) in [5, 5.41) is 2.04. The van der Waals surface area contributed by atoms with Crippen molar-refractivity contribution in [3.8, 4) is 0 Å². The lowest BCUT2D eigenvalue weighted by atomic mass is 10.1. The molecule has 1 amide bonds. The number of carbonyl (C=O) groups excluding carboxylic acids is 1. The second-order valence-corrected chi connectivity index (χ2v) is 8.12. The maximum Gasteiger partial charge on any atom is 0.249 e. The maximum atomic E-state index is 12.8. The first kappa shape index (κ1) is 19.2. The van der Waals surface area contributed by atoms with Gasteiger partial charge in [-0.3, -0.25) is 9.69 Å². The normalized spacial score (nSPS) is 23.1. The van der Waals surface area contributed by atoms with Crippen LogP contribution in [-0.2, 0) is 4.79 Å². The molecule has 0 bridgehead atoms. The van der Waals surface area contributed by atoms with Crippen LogP contribution in [0.2, 0.25) is 0 Å². The van der Waals surface area contributed by atoms with Crippen LogP contribution in [-0.4, -0.2) is 73.0 Å². The van der Waals surface area contributed by atoms with E-state index in [0.29, 0.717) is 12.1 Å². The van der Waals surface area contributed by atoms with Gasteiger partial charge in [-0.2, -0.15) is 0 Å². The van der Waals surface area contributed by atoms with Crippen LogP contribution in [0.1, 0.15) is 32.1 Å². The van der Waals surface area contributed by atoms with Gasteiger partial charge in [0.05, 0.1) is 0 Å². The first-order valence-corrected chi connectivity index (χ1v) is 9.68. The molecule has 2 atom stereocenters. The number of hydrogen-bond donors (Lipinski definition) is 0. The lowest BCUT2D eigenvalue weighted by Gasteiger charge is -2.44. The minimum absolute atomic E-state index is 0.176. The molecule has 1 aromatic heterocycles. The number of hydrogen-bond acceptors (Lipinski definition) is 4. The van der Waals surface area contributed by atoms with Gasteiger partial charge in [-0.1, -0.05) is 6.07 Å². The van der Waals surface area contributed by atoms with E-state index in [2.05, 4.69) is 43.8 Å². The monoisotopic (exact) mass is 349 g/mol. The van der Waals surface area contributed by atoms with Gasteiger partial charge in [0.2, 0.25) is 5.91 Å². The van der Waals surface area contributed by atoms with Gasteiger partial charge in [0.1, 0.15) is 0 Å². The van der Waals surface area contributed by atoms with E-state index in [4.69, 9.17) is 0 Å². The summed E-state index contributed by atoms with van der Waals surface area (Å²) in [5.41, 5.74) is 0.831. The quantitative estimate of drug-likeness (QED) is 0.739. The molecule has 134 valence electrons. The molecule has 2 unspecified atom stereocenters. The molecule has 1 saturated heterocycles. The molecule has 24 heavy (non-hydrogen) atoms. The second kappa shape index (κ2) is 8.79. The summed E-state index contributed by atoms with van der Waals surface area (Å²) in [4.78, 5) is 20.7. The highest BCUT2D eigenvalue weighted by Crippen LogP contribution is 2.20. The molecule has 0 spiro atoms. The predicted octanol–water partition coefficient (Wildman–Crippen LogP) is 3.02. The van der Waals surface area contributed by atoms with Crippen LogP contribution >= 0.6 is 11.3 Å². The highest BCUT2D eigenvalue weighted by molar-refractivity contribution is 7.10. The zero-order valence-electron chi connectivity index (χ0n) is 15.7. The fraction of sp³-hybridized carbons (Fsp3) is 0.632. The molecule has 1 aliphatic rings. The van der Waals surface area contributed by atoms with Crippen LogP contribution < -0.4 is 0 Å². The molecular formula is C19H31N3OS. The first-order chi connectivity index (χ1) is 11.4. The molecule has 1 fully saturated rings. The molecule has 2 rings (SSSR count). The van der Waals surface area contributed by atoms with Crippen LogP contribution in [0.25, 0.3) is 6.08 Å². The van der Waals surface area contributed by atoms with Crippen molar-refractivity contribution < 1.29 is 4.79 Å². The smallest absolute Gasteiger partial charge is 0.249 e. The first-order valence-electron chi connectivity index (χ1n) is 8.80. The third kappa shape index (κ3) is 5.16. The minimum atomic E-state index is 0.176. The van der Waals surface area contributed by atoms with E-state index in [1.165, 1.54) is 6.42 Å². The van der Waals surface area contributed by atoms with Crippen molar-refractivity contribution in [1.82, 2.24) is 14.7 Å². The van der Waals surface area contributed by atoms with Crippen molar-refractivity contribution in [1.29, 1.82) is 0 Å². The van der Waals surface area contributed by atoms with E-state index < -0.39 is 0 Å². The zero-order chi connectivity index (χ0) is 17.7. The van der Waals surface area contributed by atoms with E-state index in [1.54, 1.807) is 11.3 Å². The Kier molecular flexibility index (Phi) is 7.02. The van der Waals surface area contributed by atoms with Crippen LogP contribution in [0.5, 0.6) is 0 Å². The number of rotatable bonds is 6. The summed E-state index contributed by atoms with van der Waals surface area (Å²) in [6.45, 7) is 10.3. The molecule has 0 N–H and O–H groups in total. The minimum Gasteiger partial charge on any atom is -0.336 e. The molecule has 0 saturated carbocycles. The fourth-order valence-electron chi connectivity index (χ4n) is 3.43. The Labute approximate surface area is 150 Å². The Morgan fingerprint density at radius 2 is 2.00 bits per heavy atom. The van der Waals surface area contributed by atoms with Crippen molar-refractivity contribution >= 4 is 23.3 Å². The molecule has 0 aliphatic carbocycles. The summed E-state index contributed by atoms with van der Waals surface area (Å²) >= 11 is 1.67. The number of nitrogens with zero attached hydrogens (tertiary/aromatic N) is 3. The molecule has 0 radical (unpaired) electrons. The van der Waals surface area contributed by atoms with E-state index in [9.17, 15) is 4.79 Å². The van der Waals surface area contributed by atoms with E-state index >= 15 is 0 Å². The molecule has 2 heterocycles. The third-order valence-electron chi connectivity index (χ3n) is 4.65. The van der Waals surface area contributed by atoms with Gasteiger partial charge in [0, 0.05) is 42.2 Å². The summed E-state index contributed by atoms with van der Waals surface area (Å²) in [5.74, 6) is 0.176. The van der Waals surface area contributed by atoms with Gasteiger partial charge < -0.3 is 9.80 Å². The highest BCUT2D eigenvalue weighted by Gasteiger charge is 2.31. The highest BCUT2D eigenvalue weighted by atomic mass is 32.1. The van der Waals surface area contributed by atoms with Crippen LogP contribution in [0.3, 0.4) is 0 Å². The molecule has 4 nitrogen and oxygen atoms in total. The van der Waals surface area contributed by atoms with E-state index in [-0.39, 0.29) is 5.91 Å². The predicted molar refractivity (Wildman–Crippen MR) is 103 cm³/mol. The topological polar surface area (TPSA) is 26.8 Å². The van der Waals surface area contributed by atoms with E-state index in [0.717, 1.165) is 36.6 Å². The lowest BCUT2D eigenvalue weighted by Crippen LogP contribution is -2.58. The summed E-state index contributed by atoms with van der Waals surface area (Å²) in [6, 6.07) is 4.89. The zero-order valence-corrected chi connectivity index (χ0v) is 16.5. The van der Waals surface area contributed by atoms with Gasteiger partial charge in [-0.05, 0) is 65.4 Å². The van der Waals surface area contributed by atoms with Crippen molar-refractivity contribution in [3.63, 3.8) is 0 Å². The van der Waals surface area contributed by atoms with Crippen LogP contribution in [0, 0.1) is 0 Å². The molecule has 5 heteroatoms. The molecule has 1 aromatic rings. The van der Waals surface area contributed by atoms with Crippen molar-refractivity contribution in [2.24, 2.45) is 0 Å². The molecule has 0 aromatic carbocycles. The third-order valence-corrected chi connectivity index (χ3v) is 5.47. The van der Waals surface area contributed by atoms with Crippen molar-refractivity contribution in [2.75, 3.05) is 40.3 Å². The maximum absolute atomic E-state index is 12.8. The summed E-state index contributed by atoms with van der Waals surface area (Å²) < 4.78 is 0. The Balaban J connectivity index is 1.94. The van der Waals surface area contributed by atoms with Gasteiger partial charge >= 0.3 is 0 Å². The number of thiophene rings is 1.